The molecule has 1 unspecified atom stereocenters. The third-order valence-electron chi connectivity index (χ3n) is 4.21. The van der Waals surface area contributed by atoms with E-state index in [1.807, 2.05) is 42.5 Å². The van der Waals surface area contributed by atoms with Crippen molar-refractivity contribution < 1.29 is 13.8 Å². The van der Waals surface area contributed by atoms with E-state index in [2.05, 4.69) is 25.6 Å². The minimum absolute atomic E-state index is 0.250. The average molecular weight is 456 g/mol. The molecule has 1 atom stereocenters. The molecule has 0 amide bonds. The highest BCUT2D eigenvalue weighted by Crippen LogP contribution is 2.41. The molecule has 31 heavy (non-hydrogen) atoms. The molecule has 0 aliphatic carbocycles. The maximum Gasteiger partial charge on any atom is 0.373 e. The molecule has 4 aromatic rings. The third kappa shape index (κ3) is 4.90. The van der Waals surface area contributed by atoms with Crippen molar-refractivity contribution in [2.45, 2.75) is 9.79 Å². The molecular weight excluding hydrogens is 438 g/mol. The molecule has 10 nitrogen and oxygen atoms in total. The fourth-order valence-corrected chi connectivity index (χ4v) is 4.92. The number of carbonyl (C=O) groups excluding carboxylic acids is 2. The van der Waals surface area contributed by atoms with Crippen molar-refractivity contribution in [3.63, 3.8) is 0 Å². The normalized spacial score (nSPS) is 11.4. The van der Waals surface area contributed by atoms with Crippen LogP contribution in [0.3, 0.4) is 0 Å². The Hall–Kier alpha value is -3.28. The molecule has 0 bridgehead atoms. The van der Waals surface area contributed by atoms with E-state index in [4.69, 9.17) is 20.5 Å². The zero-order valence-corrected chi connectivity index (χ0v) is 17.7. The van der Waals surface area contributed by atoms with Gasteiger partial charge in [0, 0.05) is 34.3 Å². The summed E-state index contributed by atoms with van der Waals surface area (Å²) in [6.45, 7) is 0.496. The van der Waals surface area contributed by atoms with Gasteiger partial charge in [-0.15, -0.1) is 22.0 Å². The third-order valence-corrected chi connectivity index (χ3v) is 6.25. The number of pyridine rings is 1. The Morgan fingerprint density at radius 1 is 1.10 bits per heavy atom. The van der Waals surface area contributed by atoms with Crippen molar-refractivity contribution >= 4 is 39.8 Å². The summed E-state index contributed by atoms with van der Waals surface area (Å²) < 4.78 is 12.5. The van der Waals surface area contributed by atoms with Crippen molar-refractivity contribution in [1.82, 2.24) is 25.6 Å². The number of hydrogen-bond acceptors (Lipinski definition) is 9. The van der Waals surface area contributed by atoms with Gasteiger partial charge in [-0.25, -0.2) is 9.35 Å². The first-order valence-corrected chi connectivity index (χ1v) is 11.1. The van der Waals surface area contributed by atoms with E-state index in [9.17, 15) is 4.21 Å². The highest BCUT2D eigenvalue weighted by molar-refractivity contribution is 7.99. The molecular formula is C19H17N7O3S2. The molecule has 158 valence electrons. The largest absolute Gasteiger partial charge is 0.373 e. The van der Waals surface area contributed by atoms with E-state index in [1.165, 1.54) is 11.8 Å². The number of aromatic nitrogens is 5. The molecule has 2 aromatic carbocycles. The molecule has 0 aliphatic heterocycles. The summed E-state index contributed by atoms with van der Waals surface area (Å²) in [4.78, 5) is 21.9. The number of rotatable bonds is 6. The van der Waals surface area contributed by atoms with Gasteiger partial charge in [-0.3, -0.25) is 4.98 Å². The predicted octanol–water partition coefficient (Wildman–Crippen LogP) is 1.53. The van der Waals surface area contributed by atoms with Crippen LogP contribution in [0, 0.1) is 0 Å². The molecule has 0 saturated heterocycles. The fourth-order valence-electron chi connectivity index (χ4n) is 3.09. The average Bonchev–Trinajstić information content (AvgIpc) is 3.32. The standard InChI is InChI=1S/C18H17N7OS2.CO2/c19-8-10-27-15-6-5-13(11-7-9-21-14-4-2-1-3-12(11)14)16(17(15)28(20)26)18-22-24-25-23-18;2-1-3/h1-7,9H,8,10,19-20H2,(H,22,23,24,25);. The lowest BCUT2D eigenvalue weighted by Gasteiger charge is -2.16. The van der Waals surface area contributed by atoms with E-state index in [1.54, 1.807) is 6.20 Å². The summed E-state index contributed by atoms with van der Waals surface area (Å²) >= 11 is 1.50. The first kappa shape index (κ1) is 22.4. The molecule has 12 heteroatoms. The van der Waals surface area contributed by atoms with Gasteiger partial charge in [0.25, 0.3) is 0 Å². The van der Waals surface area contributed by atoms with Gasteiger partial charge in [0.05, 0.1) is 10.4 Å². The molecule has 0 aliphatic rings. The van der Waals surface area contributed by atoms with Crippen LogP contribution in [0.1, 0.15) is 0 Å². The molecule has 2 heterocycles. The Bertz CT molecular complexity index is 1240. The predicted molar refractivity (Wildman–Crippen MR) is 116 cm³/mol. The van der Waals surface area contributed by atoms with Gasteiger partial charge >= 0.3 is 6.15 Å². The lowest BCUT2D eigenvalue weighted by Crippen LogP contribution is -2.09. The molecule has 0 saturated carbocycles. The number of benzene rings is 2. The number of nitrogens with zero attached hydrogens (tertiary/aromatic N) is 4. The summed E-state index contributed by atoms with van der Waals surface area (Å²) in [5, 5.41) is 21.2. The van der Waals surface area contributed by atoms with Crippen molar-refractivity contribution in [2.75, 3.05) is 12.3 Å². The summed E-state index contributed by atoms with van der Waals surface area (Å²) in [6, 6.07) is 13.6. The van der Waals surface area contributed by atoms with Crippen molar-refractivity contribution in [3.05, 3.63) is 48.7 Å². The van der Waals surface area contributed by atoms with Crippen LogP contribution in [0.15, 0.2) is 58.5 Å². The van der Waals surface area contributed by atoms with Crippen LogP contribution in [-0.2, 0) is 20.6 Å². The summed E-state index contributed by atoms with van der Waals surface area (Å²) in [7, 11) is -1.76. The maximum atomic E-state index is 12.5. The second-order valence-electron chi connectivity index (χ2n) is 5.94. The van der Waals surface area contributed by atoms with Crippen LogP contribution in [0.2, 0.25) is 0 Å². The molecule has 0 spiro atoms. The highest BCUT2D eigenvalue weighted by atomic mass is 32.2. The summed E-state index contributed by atoms with van der Waals surface area (Å²) in [5.74, 6) is 1.01. The van der Waals surface area contributed by atoms with Gasteiger partial charge in [-0.05, 0) is 34.5 Å². The van der Waals surface area contributed by atoms with Crippen LogP contribution in [0.5, 0.6) is 0 Å². The van der Waals surface area contributed by atoms with Gasteiger partial charge in [0.1, 0.15) is 11.0 Å². The van der Waals surface area contributed by atoms with Crippen molar-refractivity contribution in [1.29, 1.82) is 0 Å². The minimum atomic E-state index is -1.76. The van der Waals surface area contributed by atoms with Gasteiger partial charge < -0.3 is 5.73 Å². The SMILES string of the molecule is NCCSc1ccc(-c2ccnc3ccccc23)c(-c2nn[nH]n2)c1S(N)=O.O=C=O. The first-order valence-electron chi connectivity index (χ1n) is 8.85. The summed E-state index contributed by atoms with van der Waals surface area (Å²) in [6.07, 6.45) is 1.99. The number of tetrazole rings is 1. The second-order valence-corrected chi connectivity index (χ2v) is 8.08. The van der Waals surface area contributed by atoms with Crippen molar-refractivity contribution in [3.8, 4) is 22.5 Å². The fraction of sp³-hybridized carbons (Fsp3) is 0.105. The Morgan fingerprint density at radius 2 is 1.87 bits per heavy atom. The smallest absolute Gasteiger partial charge is 0.330 e. The zero-order chi connectivity index (χ0) is 22.2. The Morgan fingerprint density at radius 3 is 2.55 bits per heavy atom. The number of thioether (sulfide) groups is 1. The highest BCUT2D eigenvalue weighted by Gasteiger charge is 2.23. The van der Waals surface area contributed by atoms with Crippen LogP contribution < -0.4 is 10.9 Å². The first-order chi connectivity index (χ1) is 15.1. The number of nitrogens with one attached hydrogen (secondary N) is 1. The van der Waals surface area contributed by atoms with Gasteiger partial charge in [0.2, 0.25) is 5.82 Å². The van der Waals surface area contributed by atoms with Gasteiger partial charge in [0.15, 0.2) is 0 Å². The van der Waals surface area contributed by atoms with Crippen LogP contribution in [0.4, 0.5) is 0 Å². The van der Waals surface area contributed by atoms with Crippen LogP contribution in [0.25, 0.3) is 33.4 Å². The summed E-state index contributed by atoms with van der Waals surface area (Å²) in [5.41, 5.74) is 8.83. The van der Waals surface area contributed by atoms with Crippen LogP contribution >= 0.6 is 11.8 Å². The van der Waals surface area contributed by atoms with E-state index in [-0.39, 0.29) is 6.15 Å². The van der Waals surface area contributed by atoms with E-state index in [0.717, 1.165) is 26.9 Å². The maximum absolute atomic E-state index is 12.5. The number of para-hydroxylation sites is 1. The number of aromatic amines is 1. The minimum Gasteiger partial charge on any atom is -0.330 e. The van der Waals surface area contributed by atoms with Crippen LogP contribution in [-0.4, -0.2) is 48.3 Å². The number of H-pyrrole nitrogens is 1. The lowest BCUT2D eigenvalue weighted by atomic mass is 9.96. The Labute approximate surface area is 183 Å². The molecule has 4 rings (SSSR count). The molecule has 0 fully saturated rings. The zero-order valence-electron chi connectivity index (χ0n) is 16.0. The van der Waals surface area contributed by atoms with Gasteiger partial charge in [-0.1, -0.05) is 24.3 Å². The van der Waals surface area contributed by atoms with E-state index < -0.39 is 11.0 Å². The molecule has 0 radical (unpaired) electrons. The lowest BCUT2D eigenvalue weighted by molar-refractivity contribution is -0.191. The van der Waals surface area contributed by atoms with Gasteiger partial charge in [-0.2, -0.15) is 14.8 Å². The second kappa shape index (κ2) is 10.7. The monoisotopic (exact) mass is 455 g/mol. The molecule has 5 N–H and O–H groups in total. The Balaban J connectivity index is 0.000000858. The topological polar surface area (TPSA) is 171 Å². The van der Waals surface area contributed by atoms with Crippen molar-refractivity contribution in [2.24, 2.45) is 10.9 Å². The quantitative estimate of drug-likeness (QED) is 0.365. The number of nitrogens with two attached hydrogens (primary N) is 2. The Kier molecular flexibility index (Phi) is 7.70. The van der Waals surface area contributed by atoms with E-state index in [0.29, 0.717) is 28.6 Å². The number of fused-ring (bicyclic) bond motifs is 1. The van der Waals surface area contributed by atoms with E-state index >= 15 is 0 Å². The number of hydrogen-bond donors (Lipinski definition) is 3. The molecule has 2 aromatic heterocycles.